The van der Waals surface area contributed by atoms with Gasteiger partial charge in [0.25, 0.3) is 0 Å². The van der Waals surface area contributed by atoms with Gasteiger partial charge in [-0.25, -0.2) is 0 Å². The Labute approximate surface area is 67.3 Å². The second-order valence-electron chi connectivity index (χ2n) is 2.23. The Hall–Kier alpha value is -0.450. The molecule has 0 aliphatic heterocycles. The SMILES string of the molecule is CNC(C=O)CNCCOC. The molecule has 0 saturated heterocycles. The number of methoxy groups -OCH3 is 1. The van der Waals surface area contributed by atoms with Gasteiger partial charge in [-0.15, -0.1) is 0 Å². The van der Waals surface area contributed by atoms with E-state index in [1.165, 1.54) is 0 Å². The standard InChI is InChI=1S/C7H16N2O2/c1-8-7(6-10)5-9-3-4-11-2/h6-9H,3-5H2,1-2H3. The molecule has 0 spiro atoms. The molecule has 11 heavy (non-hydrogen) atoms. The third kappa shape index (κ3) is 5.97. The monoisotopic (exact) mass is 160 g/mol. The Morgan fingerprint density at radius 3 is 2.82 bits per heavy atom. The third-order valence-electron chi connectivity index (χ3n) is 1.38. The lowest BCUT2D eigenvalue weighted by atomic mass is 10.3. The maximum absolute atomic E-state index is 10.3. The van der Waals surface area contributed by atoms with Crippen LogP contribution in [0.15, 0.2) is 0 Å². The lowest BCUT2D eigenvalue weighted by Crippen LogP contribution is -2.38. The maximum atomic E-state index is 10.3. The summed E-state index contributed by atoms with van der Waals surface area (Å²) in [6, 6.07) is -0.0909. The zero-order chi connectivity index (χ0) is 8.53. The first kappa shape index (κ1) is 10.6. The summed E-state index contributed by atoms with van der Waals surface area (Å²) in [6.45, 7) is 2.11. The minimum absolute atomic E-state index is 0.0909. The maximum Gasteiger partial charge on any atom is 0.138 e. The van der Waals surface area contributed by atoms with Crippen molar-refractivity contribution in [2.45, 2.75) is 6.04 Å². The fourth-order valence-electron chi connectivity index (χ4n) is 0.650. The number of ether oxygens (including phenoxy) is 1. The van der Waals surface area contributed by atoms with Crippen LogP contribution in [0.25, 0.3) is 0 Å². The number of aldehydes is 1. The Morgan fingerprint density at radius 1 is 1.64 bits per heavy atom. The number of likely N-dealkylation sites (N-methyl/N-ethyl adjacent to an activating group) is 1. The van der Waals surface area contributed by atoms with Crippen molar-refractivity contribution in [1.82, 2.24) is 10.6 Å². The van der Waals surface area contributed by atoms with E-state index in [0.717, 1.165) is 12.8 Å². The Bertz CT molecular complexity index is 98.4. The van der Waals surface area contributed by atoms with Crippen LogP contribution < -0.4 is 10.6 Å². The molecule has 0 rings (SSSR count). The van der Waals surface area contributed by atoms with Crippen molar-refractivity contribution in [2.75, 3.05) is 33.9 Å². The molecule has 2 N–H and O–H groups in total. The number of hydrogen-bond donors (Lipinski definition) is 2. The average molecular weight is 160 g/mol. The molecule has 0 aromatic carbocycles. The molecule has 4 heteroatoms. The molecule has 1 unspecified atom stereocenters. The van der Waals surface area contributed by atoms with Crippen LogP contribution >= 0.6 is 0 Å². The number of nitrogens with one attached hydrogen (secondary N) is 2. The molecule has 0 saturated carbocycles. The van der Waals surface area contributed by atoms with Crippen molar-refractivity contribution in [3.8, 4) is 0 Å². The van der Waals surface area contributed by atoms with Crippen LogP contribution in [0, 0.1) is 0 Å². The molecule has 66 valence electrons. The van der Waals surface area contributed by atoms with Crippen LogP contribution in [0.2, 0.25) is 0 Å². The molecule has 0 amide bonds. The van der Waals surface area contributed by atoms with Crippen LogP contribution in [-0.4, -0.2) is 46.2 Å². The van der Waals surface area contributed by atoms with E-state index >= 15 is 0 Å². The van der Waals surface area contributed by atoms with Crippen molar-refractivity contribution in [3.63, 3.8) is 0 Å². The summed E-state index contributed by atoms with van der Waals surface area (Å²) in [6.07, 6.45) is 0.889. The van der Waals surface area contributed by atoms with Crippen molar-refractivity contribution in [3.05, 3.63) is 0 Å². The fourth-order valence-corrected chi connectivity index (χ4v) is 0.650. The predicted octanol–water partition coefficient (Wildman–Crippen LogP) is -0.991. The zero-order valence-corrected chi connectivity index (χ0v) is 7.09. The molecule has 0 bridgehead atoms. The third-order valence-corrected chi connectivity index (χ3v) is 1.38. The summed E-state index contributed by atoms with van der Waals surface area (Å²) in [4.78, 5) is 10.3. The molecule has 0 fully saturated rings. The lowest BCUT2D eigenvalue weighted by molar-refractivity contribution is -0.109. The van der Waals surface area contributed by atoms with Crippen LogP contribution in [0.5, 0.6) is 0 Å². The molecular weight excluding hydrogens is 144 g/mol. The molecule has 4 nitrogen and oxygen atoms in total. The van der Waals surface area contributed by atoms with Gasteiger partial charge in [-0.2, -0.15) is 0 Å². The summed E-state index contributed by atoms with van der Waals surface area (Å²) < 4.78 is 4.82. The smallest absolute Gasteiger partial charge is 0.138 e. The highest BCUT2D eigenvalue weighted by Crippen LogP contribution is 1.72. The highest BCUT2D eigenvalue weighted by atomic mass is 16.5. The van der Waals surface area contributed by atoms with Crippen LogP contribution in [0.3, 0.4) is 0 Å². The number of hydrogen-bond acceptors (Lipinski definition) is 4. The first-order valence-electron chi connectivity index (χ1n) is 3.67. The van der Waals surface area contributed by atoms with Crippen molar-refractivity contribution in [2.24, 2.45) is 0 Å². The number of rotatable bonds is 7. The van der Waals surface area contributed by atoms with Crippen LogP contribution in [-0.2, 0) is 9.53 Å². The first-order valence-corrected chi connectivity index (χ1v) is 3.67. The zero-order valence-electron chi connectivity index (χ0n) is 7.09. The molecule has 0 aliphatic carbocycles. The van der Waals surface area contributed by atoms with Gasteiger partial charge in [0.05, 0.1) is 12.6 Å². The minimum atomic E-state index is -0.0909. The Kier molecular flexibility index (Phi) is 7.34. The van der Waals surface area contributed by atoms with Crippen LogP contribution in [0.4, 0.5) is 0 Å². The summed E-state index contributed by atoms with van der Waals surface area (Å²) in [7, 11) is 3.41. The number of carbonyl (C=O) groups is 1. The summed E-state index contributed by atoms with van der Waals surface area (Å²) in [5.41, 5.74) is 0. The molecule has 0 aliphatic rings. The quantitative estimate of drug-likeness (QED) is 0.371. The minimum Gasteiger partial charge on any atom is -0.383 e. The van der Waals surface area contributed by atoms with Gasteiger partial charge in [0, 0.05) is 20.2 Å². The van der Waals surface area contributed by atoms with Gasteiger partial charge in [-0.1, -0.05) is 0 Å². The normalized spacial score (nSPS) is 12.9. The van der Waals surface area contributed by atoms with E-state index in [0.29, 0.717) is 13.2 Å². The van der Waals surface area contributed by atoms with Crippen molar-refractivity contribution < 1.29 is 9.53 Å². The molecule has 1 atom stereocenters. The van der Waals surface area contributed by atoms with Crippen molar-refractivity contribution >= 4 is 6.29 Å². The number of carbonyl (C=O) groups excluding carboxylic acids is 1. The molecule has 0 aromatic heterocycles. The van der Waals surface area contributed by atoms with Crippen molar-refractivity contribution in [1.29, 1.82) is 0 Å². The van der Waals surface area contributed by atoms with E-state index in [9.17, 15) is 4.79 Å². The highest BCUT2D eigenvalue weighted by Gasteiger charge is 2.00. The Morgan fingerprint density at radius 2 is 2.36 bits per heavy atom. The fraction of sp³-hybridized carbons (Fsp3) is 0.857. The average Bonchev–Trinajstić information content (AvgIpc) is 2.05. The van der Waals surface area contributed by atoms with E-state index < -0.39 is 0 Å². The molecule has 0 heterocycles. The van der Waals surface area contributed by atoms with Gasteiger partial charge in [0.1, 0.15) is 6.29 Å². The first-order chi connectivity index (χ1) is 5.35. The van der Waals surface area contributed by atoms with E-state index in [-0.39, 0.29) is 6.04 Å². The van der Waals surface area contributed by atoms with Gasteiger partial charge >= 0.3 is 0 Å². The largest absolute Gasteiger partial charge is 0.383 e. The van der Waals surface area contributed by atoms with Crippen LogP contribution in [0.1, 0.15) is 0 Å². The van der Waals surface area contributed by atoms with E-state index in [1.54, 1.807) is 14.2 Å². The topological polar surface area (TPSA) is 50.4 Å². The summed E-state index contributed by atoms with van der Waals surface area (Å²) in [5.74, 6) is 0. The van der Waals surface area contributed by atoms with Gasteiger partial charge < -0.3 is 20.2 Å². The van der Waals surface area contributed by atoms with Gasteiger partial charge in [0.2, 0.25) is 0 Å². The Balaban J connectivity index is 3.14. The molecular formula is C7H16N2O2. The van der Waals surface area contributed by atoms with E-state index in [2.05, 4.69) is 10.6 Å². The molecule has 0 aromatic rings. The second-order valence-corrected chi connectivity index (χ2v) is 2.23. The van der Waals surface area contributed by atoms with E-state index in [1.807, 2.05) is 0 Å². The second kappa shape index (κ2) is 7.65. The predicted molar refractivity (Wildman–Crippen MR) is 43.7 cm³/mol. The lowest BCUT2D eigenvalue weighted by Gasteiger charge is -2.09. The summed E-state index contributed by atoms with van der Waals surface area (Å²) in [5, 5.41) is 5.93. The van der Waals surface area contributed by atoms with Gasteiger partial charge in [-0.05, 0) is 7.05 Å². The van der Waals surface area contributed by atoms with Gasteiger partial charge in [0.15, 0.2) is 0 Å². The highest BCUT2D eigenvalue weighted by molar-refractivity contribution is 5.57. The van der Waals surface area contributed by atoms with E-state index in [4.69, 9.17) is 4.74 Å². The van der Waals surface area contributed by atoms with Gasteiger partial charge in [-0.3, -0.25) is 0 Å². The summed E-state index contributed by atoms with van der Waals surface area (Å²) >= 11 is 0. The molecule has 0 radical (unpaired) electrons.